The number of hydrogen-bond donors (Lipinski definition) is 1. The number of pyridine rings is 1. The van der Waals surface area contributed by atoms with E-state index >= 15 is 0 Å². The number of nitrogens with zero attached hydrogens (tertiary/aromatic N) is 1. The molecule has 2 aromatic rings. The van der Waals surface area contributed by atoms with Crippen LogP contribution in [0.1, 0.15) is 17.3 Å². The van der Waals surface area contributed by atoms with Gasteiger partial charge in [-0.05, 0) is 19.1 Å². The number of aromatic nitrogens is 1. The summed E-state index contributed by atoms with van der Waals surface area (Å²) in [5, 5.41) is 10.6. The molecular formula is C15H14BrNO5. The van der Waals surface area contributed by atoms with Crippen molar-refractivity contribution in [1.82, 2.24) is 4.57 Å². The zero-order valence-corrected chi connectivity index (χ0v) is 13.6. The van der Waals surface area contributed by atoms with Crippen LogP contribution in [0.25, 0.3) is 10.9 Å². The minimum absolute atomic E-state index is 0.107. The standard InChI is InChI=1S/C15H14BrNO5/c1-3-22-15(21)11(16)13(19)10-12(18)8-6-4-5-7-9(8)17(2)14(10)20/h4-7,11,18H,3H2,1-2H3. The minimum Gasteiger partial charge on any atom is -0.506 e. The number of aryl methyl sites for hydroxylation is 1. The lowest BCUT2D eigenvalue weighted by atomic mass is 10.0. The van der Waals surface area contributed by atoms with E-state index in [0.29, 0.717) is 10.9 Å². The summed E-state index contributed by atoms with van der Waals surface area (Å²) in [7, 11) is 1.49. The van der Waals surface area contributed by atoms with Gasteiger partial charge in [0.25, 0.3) is 5.56 Å². The normalized spacial score (nSPS) is 12.1. The Labute approximate surface area is 134 Å². The topological polar surface area (TPSA) is 85.6 Å². The molecular weight excluding hydrogens is 354 g/mol. The Hall–Kier alpha value is -2.15. The predicted molar refractivity (Wildman–Crippen MR) is 84.5 cm³/mol. The highest BCUT2D eigenvalue weighted by molar-refractivity contribution is 9.10. The average Bonchev–Trinajstić information content (AvgIpc) is 2.52. The van der Waals surface area contributed by atoms with Crippen molar-refractivity contribution < 1.29 is 19.4 Å². The largest absolute Gasteiger partial charge is 0.506 e. The Morgan fingerprint density at radius 3 is 2.64 bits per heavy atom. The summed E-state index contributed by atoms with van der Waals surface area (Å²) in [6, 6.07) is 6.64. The van der Waals surface area contributed by atoms with Gasteiger partial charge < -0.3 is 14.4 Å². The van der Waals surface area contributed by atoms with Crippen LogP contribution in [0.2, 0.25) is 0 Å². The molecule has 6 nitrogen and oxygen atoms in total. The number of ether oxygens (including phenoxy) is 1. The summed E-state index contributed by atoms with van der Waals surface area (Å²) in [6.45, 7) is 1.71. The number of rotatable bonds is 4. The first-order valence-electron chi connectivity index (χ1n) is 6.55. The molecule has 1 aromatic heterocycles. The number of ketones is 1. The van der Waals surface area contributed by atoms with Gasteiger partial charge >= 0.3 is 5.97 Å². The van der Waals surface area contributed by atoms with Crippen LogP contribution in [0.4, 0.5) is 0 Å². The summed E-state index contributed by atoms with van der Waals surface area (Å²) in [5.41, 5.74) is -0.616. The van der Waals surface area contributed by atoms with E-state index in [2.05, 4.69) is 15.9 Å². The van der Waals surface area contributed by atoms with E-state index < -0.39 is 33.5 Å². The van der Waals surface area contributed by atoms with Gasteiger partial charge in [0.1, 0.15) is 11.3 Å². The molecule has 0 amide bonds. The van der Waals surface area contributed by atoms with Crippen molar-refractivity contribution >= 4 is 38.6 Å². The molecule has 7 heteroatoms. The lowest BCUT2D eigenvalue weighted by Crippen LogP contribution is -2.33. The van der Waals surface area contributed by atoms with E-state index in [1.54, 1.807) is 31.2 Å². The van der Waals surface area contributed by atoms with E-state index in [9.17, 15) is 19.5 Å². The van der Waals surface area contributed by atoms with E-state index in [-0.39, 0.29) is 6.61 Å². The third-order valence-corrected chi connectivity index (χ3v) is 4.04. The lowest BCUT2D eigenvalue weighted by Gasteiger charge is -2.13. The van der Waals surface area contributed by atoms with Crippen LogP contribution in [-0.2, 0) is 16.6 Å². The van der Waals surface area contributed by atoms with Crippen LogP contribution >= 0.6 is 15.9 Å². The Morgan fingerprint density at radius 2 is 2.00 bits per heavy atom. The monoisotopic (exact) mass is 367 g/mol. The Balaban J connectivity index is 2.63. The van der Waals surface area contributed by atoms with E-state index in [0.717, 1.165) is 0 Å². The fraction of sp³-hybridized carbons (Fsp3) is 0.267. The molecule has 0 saturated carbocycles. The first-order chi connectivity index (χ1) is 10.4. The molecule has 0 aliphatic carbocycles. The van der Waals surface area contributed by atoms with E-state index in [1.165, 1.54) is 11.6 Å². The molecule has 1 unspecified atom stereocenters. The summed E-state index contributed by atoms with van der Waals surface area (Å²) in [6.07, 6.45) is 0. The molecule has 0 radical (unpaired) electrons. The fourth-order valence-electron chi connectivity index (χ4n) is 2.15. The maximum absolute atomic E-state index is 12.4. The molecule has 2 rings (SSSR count). The first kappa shape index (κ1) is 16.2. The van der Waals surface area contributed by atoms with Crippen molar-refractivity contribution in [3.63, 3.8) is 0 Å². The highest BCUT2D eigenvalue weighted by Crippen LogP contribution is 2.27. The Kier molecular flexibility index (Phi) is 4.65. The number of carbonyl (C=O) groups is 2. The lowest BCUT2D eigenvalue weighted by molar-refractivity contribution is -0.141. The first-order valence-corrected chi connectivity index (χ1v) is 7.47. The van der Waals surface area contributed by atoms with E-state index in [4.69, 9.17) is 4.74 Å². The Morgan fingerprint density at radius 1 is 1.36 bits per heavy atom. The number of para-hydroxylation sites is 1. The highest BCUT2D eigenvalue weighted by Gasteiger charge is 2.31. The fourth-order valence-corrected chi connectivity index (χ4v) is 2.51. The average molecular weight is 368 g/mol. The number of carbonyl (C=O) groups excluding carboxylic acids is 2. The number of halogens is 1. The molecule has 1 aromatic carbocycles. The molecule has 0 aliphatic rings. The van der Waals surface area contributed by atoms with Crippen LogP contribution in [0.15, 0.2) is 29.1 Å². The maximum Gasteiger partial charge on any atom is 0.327 e. The predicted octanol–water partition coefficient (Wildman–Crippen LogP) is 1.75. The van der Waals surface area contributed by atoms with Gasteiger partial charge in [-0.1, -0.05) is 28.1 Å². The van der Waals surface area contributed by atoms with Crippen LogP contribution in [-0.4, -0.2) is 32.9 Å². The van der Waals surface area contributed by atoms with Crippen molar-refractivity contribution in [1.29, 1.82) is 0 Å². The SMILES string of the molecule is CCOC(=O)C(Br)C(=O)c1c(O)c2ccccc2n(C)c1=O. The molecule has 0 aliphatic heterocycles. The van der Waals surface area contributed by atoms with Crippen LogP contribution in [0, 0.1) is 0 Å². The van der Waals surface area contributed by atoms with Gasteiger partial charge in [0.05, 0.1) is 12.1 Å². The van der Waals surface area contributed by atoms with Crippen LogP contribution in [0.3, 0.4) is 0 Å². The number of hydrogen-bond acceptors (Lipinski definition) is 5. The van der Waals surface area contributed by atoms with E-state index in [1.807, 2.05) is 0 Å². The molecule has 0 saturated heterocycles. The van der Waals surface area contributed by atoms with Gasteiger partial charge in [0, 0.05) is 12.4 Å². The second-order valence-corrected chi connectivity index (χ2v) is 5.50. The second kappa shape index (κ2) is 6.31. The van der Waals surface area contributed by atoms with Crippen LogP contribution < -0.4 is 5.56 Å². The van der Waals surface area contributed by atoms with Gasteiger partial charge in [-0.25, -0.2) is 0 Å². The van der Waals surface area contributed by atoms with Crippen molar-refractivity contribution in [2.45, 2.75) is 11.8 Å². The van der Waals surface area contributed by atoms with Crippen molar-refractivity contribution in [2.75, 3.05) is 6.61 Å². The number of alkyl halides is 1. The highest BCUT2D eigenvalue weighted by atomic mass is 79.9. The molecule has 1 atom stereocenters. The second-order valence-electron chi connectivity index (χ2n) is 4.58. The smallest absolute Gasteiger partial charge is 0.327 e. The number of Topliss-reactive ketones (excluding diaryl/α,β-unsaturated/α-hetero) is 1. The molecule has 116 valence electrons. The maximum atomic E-state index is 12.4. The number of fused-ring (bicyclic) bond motifs is 1. The zero-order chi connectivity index (χ0) is 16.4. The third-order valence-electron chi connectivity index (χ3n) is 3.25. The van der Waals surface area contributed by atoms with Gasteiger partial charge in [-0.2, -0.15) is 0 Å². The van der Waals surface area contributed by atoms with Gasteiger partial charge in [0.2, 0.25) is 0 Å². The molecule has 1 heterocycles. The van der Waals surface area contributed by atoms with Crippen molar-refractivity contribution in [2.24, 2.45) is 7.05 Å². The zero-order valence-electron chi connectivity index (χ0n) is 12.0. The van der Waals surface area contributed by atoms with Gasteiger partial charge in [-0.3, -0.25) is 14.4 Å². The summed E-state index contributed by atoms with van der Waals surface area (Å²) < 4.78 is 6.00. The minimum atomic E-state index is -1.34. The third kappa shape index (κ3) is 2.64. The summed E-state index contributed by atoms with van der Waals surface area (Å²) >= 11 is 2.92. The Bertz CT molecular complexity index is 811. The molecule has 0 bridgehead atoms. The quantitative estimate of drug-likeness (QED) is 0.385. The number of aromatic hydroxyl groups is 1. The summed E-state index contributed by atoms with van der Waals surface area (Å²) in [5.74, 6) is -2.07. The number of esters is 1. The number of benzene rings is 1. The van der Waals surface area contributed by atoms with Gasteiger partial charge in [-0.15, -0.1) is 0 Å². The molecule has 0 spiro atoms. The van der Waals surface area contributed by atoms with Crippen molar-refractivity contribution in [3.05, 3.63) is 40.2 Å². The molecule has 0 fully saturated rings. The van der Waals surface area contributed by atoms with Gasteiger partial charge in [0.15, 0.2) is 10.6 Å². The van der Waals surface area contributed by atoms with Crippen LogP contribution in [0.5, 0.6) is 5.75 Å². The van der Waals surface area contributed by atoms with Crippen molar-refractivity contribution in [3.8, 4) is 5.75 Å². The molecule has 22 heavy (non-hydrogen) atoms. The molecule has 1 N–H and O–H groups in total. The summed E-state index contributed by atoms with van der Waals surface area (Å²) in [4.78, 5) is 35.0.